The third kappa shape index (κ3) is 6.00. The van der Waals surface area contributed by atoms with Crippen LogP contribution < -0.4 is 10.6 Å². The minimum Gasteiger partial charge on any atom is -0.354 e. The van der Waals surface area contributed by atoms with Crippen LogP contribution in [0.3, 0.4) is 0 Å². The topological polar surface area (TPSA) is 56.7 Å². The predicted octanol–water partition coefficient (Wildman–Crippen LogP) is 3.14. The lowest BCUT2D eigenvalue weighted by molar-refractivity contribution is -0.130. The lowest BCUT2D eigenvalue weighted by Crippen LogP contribution is -2.50. The van der Waals surface area contributed by atoms with Crippen LogP contribution in [0.15, 0.2) is 4.99 Å². The first-order valence-electron chi connectivity index (χ1n) is 10.0. The first-order valence-corrected chi connectivity index (χ1v) is 10.0. The zero-order chi connectivity index (χ0) is 16.8. The maximum Gasteiger partial charge on any atom is 0.241 e. The molecule has 1 aliphatic heterocycles. The lowest BCUT2D eigenvalue weighted by atomic mass is 9.69. The predicted molar refractivity (Wildman–Crippen MR) is 113 cm³/mol. The molecule has 2 N–H and O–H groups in total. The van der Waals surface area contributed by atoms with Crippen molar-refractivity contribution in [3.8, 4) is 0 Å². The summed E-state index contributed by atoms with van der Waals surface area (Å²) >= 11 is 0. The number of aliphatic imine (C=N–C) groups is 1. The summed E-state index contributed by atoms with van der Waals surface area (Å²) in [6, 6.07) is 0.514. The third-order valence-electron chi connectivity index (χ3n) is 6.22. The van der Waals surface area contributed by atoms with E-state index in [0.29, 0.717) is 12.6 Å². The second-order valence-corrected chi connectivity index (χ2v) is 7.83. The second kappa shape index (κ2) is 10.6. The first-order chi connectivity index (χ1) is 11.8. The summed E-state index contributed by atoms with van der Waals surface area (Å²) < 4.78 is 0. The molecule has 1 saturated heterocycles. The molecule has 0 aromatic carbocycles. The van der Waals surface area contributed by atoms with E-state index in [-0.39, 0.29) is 29.9 Å². The van der Waals surface area contributed by atoms with Crippen molar-refractivity contribution >= 4 is 35.8 Å². The molecule has 0 radical (unpaired) electrons. The van der Waals surface area contributed by atoms with E-state index in [9.17, 15) is 4.79 Å². The van der Waals surface area contributed by atoms with Gasteiger partial charge in [-0.2, -0.15) is 0 Å². The van der Waals surface area contributed by atoms with Gasteiger partial charge in [-0.05, 0) is 50.4 Å². The Balaban J connectivity index is 0.00000225. The fourth-order valence-corrected chi connectivity index (χ4v) is 4.81. The number of carbonyl (C=O) groups excluding carboxylic acids is 1. The Labute approximate surface area is 169 Å². The van der Waals surface area contributed by atoms with Crippen molar-refractivity contribution < 1.29 is 4.79 Å². The molecule has 1 amide bonds. The van der Waals surface area contributed by atoms with Gasteiger partial charge in [0.1, 0.15) is 0 Å². The molecule has 3 atom stereocenters. The summed E-state index contributed by atoms with van der Waals surface area (Å²) in [5, 5.41) is 6.80. The second-order valence-electron chi connectivity index (χ2n) is 7.83. The van der Waals surface area contributed by atoms with E-state index >= 15 is 0 Å². The number of amides is 1. The molecule has 3 rings (SSSR count). The van der Waals surface area contributed by atoms with E-state index < -0.39 is 0 Å². The van der Waals surface area contributed by atoms with Crippen LogP contribution in [-0.4, -0.2) is 49.5 Å². The van der Waals surface area contributed by atoms with Crippen molar-refractivity contribution in [1.82, 2.24) is 15.5 Å². The van der Waals surface area contributed by atoms with Gasteiger partial charge < -0.3 is 15.5 Å². The molecule has 3 fully saturated rings. The average molecular weight is 462 g/mol. The Morgan fingerprint density at radius 3 is 2.44 bits per heavy atom. The minimum absolute atomic E-state index is 0. The van der Waals surface area contributed by atoms with E-state index in [1.54, 1.807) is 7.05 Å². The van der Waals surface area contributed by atoms with Gasteiger partial charge in [0.25, 0.3) is 0 Å². The molecule has 2 saturated carbocycles. The summed E-state index contributed by atoms with van der Waals surface area (Å²) in [6.07, 6.45) is 13.1. The van der Waals surface area contributed by atoms with E-state index in [4.69, 9.17) is 0 Å². The van der Waals surface area contributed by atoms with Crippen LogP contribution in [0, 0.1) is 11.8 Å². The average Bonchev–Trinajstić information content (AvgIpc) is 2.65. The van der Waals surface area contributed by atoms with Gasteiger partial charge in [-0.1, -0.05) is 25.7 Å². The van der Waals surface area contributed by atoms with Crippen molar-refractivity contribution in [2.24, 2.45) is 16.8 Å². The maximum absolute atomic E-state index is 12.3. The summed E-state index contributed by atoms with van der Waals surface area (Å²) in [6.45, 7) is 2.19. The third-order valence-corrected chi connectivity index (χ3v) is 6.22. The highest BCUT2D eigenvalue weighted by Gasteiger charge is 2.32. The number of hydrogen-bond donors (Lipinski definition) is 2. The van der Waals surface area contributed by atoms with Gasteiger partial charge in [0, 0.05) is 26.2 Å². The van der Waals surface area contributed by atoms with Gasteiger partial charge in [-0.3, -0.25) is 9.79 Å². The molecule has 5 nitrogen and oxygen atoms in total. The van der Waals surface area contributed by atoms with Crippen LogP contribution in [0.4, 0.5) is 0 Å². The number of nitrogens with one attached hydrogen (secondary N) is 2. The van der Waals surface area contributed by atoms with Crippen molar-refractivity contribution in [3.63, 3.8) is 0 Å². The fourth-order valence-electron chi connectivity index (χ4n) is 4.81. The Hall–Kier alpha value is -0.530. The van der Waals surface area contributed by atoms with Crippen molar-refractivity contribution in [3.05, 3.63) is 0 Å². The molecule has 0 spiro atoms. The molecule has 3 unspecified atom stereocenters. The first kappa shape index (κ1) is 20.8. The largest absolute Gasteiger partial charge is 0.354 e. The Morgan fingerprint density at radius 2 is 1.72 bits per heavy atom. The molecule has 1 heterocycles. The highest BCUT2D eigenvalue weighted by molar-refractivity contribution is 14.0. The van der Waals surface area contributed by atoms with Crippen LogP contribution >= 0.6 is 24.0 Å². The maximum atomic E-state index is 12.3. The van der Waals surface area contributed by atoms with E-state index in [1.165, 1.54) is 51.4 Å². The lowest BCUT2D eigenvalue weighted by Gasteiger charge is -2.39. The minimum atomic E-state index is 0. The molecular formula is C19H35IN4O. The molecule has 3 aliphatic rings. The highest BCUT2D eigenvalue weighted by Crippen LogP contribution is 2.40. The number of carbonyl (C=O) groups is 1. The van der Waals surface area contributed by atoms with Gasteiger partial charge >= 0.3 is 0 Å². The number of likely N-dealkylation sites (tertiary alicyclic amines) is 1. The van der Waals surface area contributed by atoms with Crippen molar-refractivity contribution in [2.45, 2.75) is 70.3 Å². The van der Waals surface area contributed by atoms with Crippen LogP contribution in [0.1, 0.15) is 64.2 Å². The number of hydrogen-bond acceptors (Lipinski definition) is 2. The molecular weight excluding hydrogens is 427 g/mol. The quantitative estimate of drug-likeness (QED) is 0.385. The van der Waals surface area contributed by atoms with Crippen molar-refractivity contribution in [1.29, 1.82) is 0 Å². The zero-order valence-corrected chi connectivity index (χ0v) is 18.0. The molecule has 0 aromatic heterocycles. The summed E-state index contributed by atoms with van der Waals surface area (Å²) in [5.74, 6) is 2.86. The summed E-state index contributed by atoms with van der Waals surface area (Å²) in [5.41, 5.74) is 0. The summed E-state index contributed by atoms with van der Waals surface area (Å²) in [4.78, 5) is 18.6. The van der Waals surface area contributed by atoms with E-state index in [1.807, 2.05) is 4.90 Å². The molecule has 144 valence electrons. The Bertz CT molecular complexity index is 451. The molecule has 25 heavy (non-hydrogen) atoms. The van der Waals surface area contributed by atoms with Gasteiger partial charge in [0.15, 0.2) is 5.96 Å². The molecule has 6 heteroatoms. The molecule has 0 aromatic rings. The number of fused-ring (bicyclic) bond motifs is 1. The smallest absolute Gasteiger partial charge is 0.241 e. The van der Waals surface area contributed by atoms with Gasteiger partial charge in [0.2, 0.25) is 5.91 Å². The number of rotatable bonds is 3. The van der Waals surface area contributed by atoms with E-state index in [2.05, 4.69) is 15.6 Å². The normalized spacial score (nSPS) is 30.0. The number of guanidine groups is 1. The Morgan fingerprint density at radius 1 is 1.00 bits per heavy atom. The number of nitrogens with zero attached hydrogens (tertiary/aromatic N) is 2. The summed E-state index contributed by atoms with van der Waals surface area (Å²) in [7, 11) is 1.80. The van der Waals surface area contributed by atoms with Crippen LogP contribution in [-0.2, 0) is 4.79 Å². The van der Waals surface area contributed by atoms with E-state index in [0.717, 1.165) is 43.7 Å². The van der Waals surface area contributed by atoms with Crippen molar-refractivity contribution in [2.75, 3.05) is 26.7 Å². The van der Waals surface area contributed by atoms with Crippen LogP contribution in [0.5, 0.6) is 0 Å². The zero-order valence-electron chi connectivity index (χ0n) is 15.6. The molecule has 0 bridgehead atoms. The van der Waals surface area contributed by atoms with Crippen LogP contribution in [0.2, 0.25) is 0 Å². The standard InChI is InChI=1S/C19H34N4O.HI/c1-20-19(21-14-18(24)23-11-5-2-6-12-23)22-17-10-9-15-7-3-4-8-16(15)13-17;/h15-17H,2-14H2,1H3,(H2,20,21,22);1H. The van der Waals surface area contributed by atoms with Gasteiger partial charge in [0.05, 0.1) is 6.54 Å². The fraction of sp³-hybridized carbons (Fsp3) is 0.895. The SMILES string of the molecule is CN=C(NCC(=O)N1CCCCC1)NC1CCC2CCCCC2C1.I. The number of halogens is 1. The highest BCUT2D eigenvalue weighted by atomic mass is 127. The van der Waals surface area contributed by atoms with Gasteiger partial charge in [-0.25, -0.2) is 0 Å². The van der Waals surface area contributed by atoms with Gasteiger partial charge in [-0.15, -0.1) is 24.0 Å². The molecule has 2 aliphatic carbocycles. The number of piperidine rings is 1. The van der Waals surface area contributed by atoms with Crippen LogP contribution in [0.25, 0.3) is 0 Å². The Kier molecular flexibility index (Phi) is 8.79. The monoisotopic (exact) mass is 462 g/mol.